The van der Waals surface area contributed by atoms with E-state index in [0.29, 0.717) is 6.61 Å². The maximum Gasteiger partial charge on any atom is 0.0558 e. The number of hydrogen-bond acceptors (Lipinski definition) is 2. The van der Waals surface area contributed by atoms with Crippen LogP contribution in [0.4, 0.5) is 0 Å². The molecule has 0 spiro atoms. The van der Waals surface area contributed by atoms with Crippen molar-refractivity contribution in [2.45, 2.75) is 83.2 Å². The highest BCUT2D eigenvalue weighted by atomic mass is 16.3. The van der Waals surface area contributed by atoms with E-state index in [4.69, 9.17) is 0 Å². The van der Waals surface area contributed by atoms with E-state index in [9.17, 15) is 5.11 Å². The first kappa shape index (κ1) is 14.3. The van der Waals surface area contributed by atoms with E-state index in [1.807, 2.05) is 0 Å². The Hall–Kier alpha value is -0.0800. The average Bonchev–Trinajstić information content (AvgIpc) is 2.46. The van der Waals surface area contributed by atoms with Gasteiger partial charge in [0.15, 0.2) is 0 Å². The smallest absolute Gasteiger partial charge is 0.0558 e. The second kappa shape index (κ2) is 7.49. The third-order valence-electron chi connectivity index (χ3n) is 5.26. The van der Waals surface area contributed by atoms with Crippen molar-refractivity contribution >= 4 is 0 Å². The van der Waals surface area contributed by atoms with Crippen LogP contribution in [0.3, 0.4) is 0 Å². The second-order valence-corrected chi connectivity index (χ2v) is 6.34. The number of rotatable bonds is 5. The molecule has 0 amide bonds. The molecule has 2 aliphatic rings. The highest BCUT2D eigenvalue weighted by Gasteiger charge is 2.30. The summed E-state index contributed by atoms with van der Waals surface area (Å²) in [7, 11) is 0. The average molecular weight is 253 g/mol. The number of hydrogen-bond donors (Lipinski definition) is 1. The van der Waals surface area contributed by atoms with Crippen LogP contribution in [0.15, 0.2) is 0 Å². The van der Waals surface area contributed by atoms with Gasteiger partial charge in [-0.2, -0.15) is 0 Å². The van der Waals surface area contributed by atoms with Gasteiger partial charge in [-0.05, 0) is 44.4 Å². The van der Waals surface area contributed by atoms with E-state index in [1.54, 1.807) is 0 Å². The summed E-state index contributed by atoms with van der Waals surface area (Å²) in [6, 6.07) is 1.54. The largest absolute Gasteiger partial charge is 0.395 e. The van der Waals surface area contributed by atoms with Crippen molar-refractivity contribution in [3.63, 3.8) is 0 Å². The molecule has 2 saturated carbocycles. The first-order valence-electron chi connectivity index (χ1n) is 8.21. The molecule has 1 N–H and O–H groups in total. The Labute approximate surface area is 113 Å². The zero-order chi connectivity index (χ0) is 12.8. The fourth-order valence-electron chi connectivity index (χ4n) is 4.08. The van der Waals surface area contributed by atoms with Gasteiger partial charge in [0.05, 0.1) is 6.61 Å². The summed E-state index contributed by atoms with van der Waals surface area (Å²) in [5.41, 5.74) is 0. The van der Waals surface area contributed by atoms with Gasteiger partial charge in [-0.3, -0.25) is 4.90 Å². The molecule has 0 aromatic rings. The molecule has 0 aromatic heterocycles. The van der Waals surface area contributed by atoms with Crippen molar-refractivity contribution in [1.29, 1.82) is 0 Å². The van der Waals surface area contributed by atoms with Gasteiger partial charge < -0.3 is 5.11 Å². The molecule has 0 unspecified atom stereocenters. The summed E-state index contributed by atoms with van der Waals surface area (Å²) in [4.78, 5) is 2.67. The Bertz CT molecular complexity index is 217. The van der Waals surface area contributed by atoms with E-state index in [-0.39, 0.29) is 0 Å². The van der Waals surface area contributed by atoms with Gasteiger partial charge >= 0.3 is 0 Å². The van der Waals surface area contributed by atoms with Crippen molar-refractivity contribution < 1.29 is 5.11 Å². The third kappa shape index (κ3) is 3.71. The molecule has 0 heterocycles. The fourth-order valence-corrected chi connectivity index (χ4v) is 4.08. The Kier molecular flexibility index (Phi) is 5.97. The Morgan fingerprint density at radius 1 is 0.889 bits per heavy atom. The molecule has 18 heavy (non-hydrogen) atoms. The van der Waals surface area contributed by atoms with Gasteiger partial charge in [-0.1, -0.05) is 32.6 Å². The normalized spacial score (nSPS) is 30.8. The van der Waals surface area contributed by atoms with Gasteiger partial charge in [-0.25, -0.2) is 0 Å². The summed E-state index contributed by atoms with van der Waals surface area (Å²) in [5.74, 6) is 0.976. The van der Waals surface area contributed by atoms with E-state index >= 15 is 0 Å². The molecule has 0 bridgehead atoms. The molecular formula is C16H31NO. The van der Waals surface area contributed by atoms with E-state index < -0.39 is 0 Å². The monoisotopic (exact) mass is 253 g/mol. The Morgan fingerprint density at radius 3 is 2.06 bits per heavy atom. The Morgan fingerprint density at radius 2 is 1.50 bits per heavy atom. The molecule has 2 fully saturated rings. The maximum absolute atomic E-state index is 9.35. The number of aliphatic hydroxyl groups excluding tert-OH is 1. The predicted octanol–water partition coefficient (Wildman–Crippen LogP) is 3.58. The van der Waals surface area contributed by atoms with Crippen molar-refractivity contribution in [2.24, 2.45) is 5.92 Å². The zero-order valence-electron chi connectivity index (χ0n) is 12.1. The SMILES string of the molecule is CCC1CCC(N(CCO)C2CCCCC2)CC1. The minimum atomic E-state index is 0.338. The zero-order valence-corrected chi connectivity index (χ0v) is 12.1. The van der Waals surface area contributed by atoms with Crippen LogP contribution in [-0.2, 0) is 0 Å². The summed E-state index contributed by atoms with van der Waals surface area (Å²) < 4.78 is 0. The van der Waals surface area contributed by atoms with Crippen LogP contribution in [-0.4, -0.2) is 35.2 Å². The molecule has 2 heteroatoms. The van der Waals surface area contributed by atoms with Crippen LogP contribution in [0.5, 0.6) is 0 Å². The first-order chi connectivity index (χ1) is 8.85. The molecule has 2 aliphatic carbocycles. The van der Waals surface area contributed by atoms with Crippen molar-refractivity contribution in [1.82, 2.24) is 4.90 Å². The van der Waals surface area contributed by atoms with Gasteiger partial charge in [-0.15, -0.1) is 0 Å². The van der Waals surface area contributed by atoms with E-state index in [0.717, 1.165) is 24.5 Å². The molecule has 0 aromatic carbocycles. The third-order valence-corrected chi connectivity index (χ3v) is 5.26. The molecule has 0 saturated heterocycles. The van der Waals surface area contributed by atoms with E-state index in [1.165, 1.54) is 64.2 Å². The number of nitrogens with zero attached hydrogens (tertiary/aromatic N) is 1. The Balaban J connectivity index is 1.88. The first-order valence-corrected chi connectivity index (χ1v) is 8.21. The van der Waals surface area contributed by atoms with Crippen LogP contribution < -0.4 is 0 Å². The van der Waals surface area contributed by atoms with Gasteiger partial charge in [0, 0.05) is 18.6 Å². The van der Waals surface area contributed by atoms with Crippen molar-refractivity contribution in [3.05, 3.63) is 0 Å². The van der Waals surface area contributed by atoms with E-state index in [2.05, 4.69) is 11.8 Å². The van der Waals surface area contributed by atoms with Crippen molar-refractivity contribution in [3.8, 4) is 0 Å². The summed E-state index contributed by atoms with van der Waals surface area (Å²) in [5, 5.41) is 9.35. The molecule has 2 nitrogen and oxygen atoms in total. The van der Waals surface area contributed by atoms with Crippen LogP contribution in [0.25, 0.3) is 0 Å². The lowest BCUT2D eigenvalue weighted by atomic mass is 9.82. The lowest BCUT2D eigenvalue weighted by molar-refractivity contribution is 0.0534. The standard InChI is InChI=1S/C16H31NO/c1-2-14-8-10-16(11-9-14)17(12-13-18)15-6-4-3-5-7-15/h14-16,18H,2-13H2,1H3. The summed E-state index contributed by atoms with van der Waals surface area (Å²) in [6.07, 6.45) is 13.9. The fraction of sp³-hybridized carbons (Fsp3) is 1.00. The van der Waals surface area contributed by atoms with Crippen LogP contribution >= 0.6 is 0 Å². The highest BCUT2D eigenvalue weighted by molar-refractivity contribution is 4.85. The molecular weight excluding hydrogens is 222 g/mol. The van der Waals surface area contributed by atoms with Gasteiger partial charge in [0.1, 0.15) is 0 Å². The van der Waals surface area contributed by atoms with Crippen molar-refractivity contribution in [2.75, 3.05) is 13.2 Å². The minimum Gasteiger partial charge on any atom is -0.395 e. The van der Waals surface area contributed by atoms with Crippen LogP contribution in [0.1, 0.15) is 71.1 Å². The second-order valence-electron chi connectivity index (χ2n) is 6.34. The molecule has 106 valence electrons. The van der Waals surface area contributed by atoms with Gasteiger partial charge in [0.25, 0.3) is 0 Å². The quantitative estimate of drug-likeness (QED) is 0.809. The molecule has 0 atom stereocenters. The topological polar surface area (TPSA) is 23.5 Å². The van der Waals surface area contributed by atoms with Crippen LogP contribution in [0, 0.1) is 5.92 Å². The summed E-state index contributed by atoms with van der Waals surface area (Å²) in [6.45, 7) is 3.58. The highest BCUT2D eigenvalue weighted by Crippen LogP contribution is 2.33. The predicted molar refractivity (Wildman–Crippen MR) is 76.7 cm³/mol. The molecule has 2 rings (SSSR count). The van der Waals surface area contributed by atoms with Gasteiger partial charge in [0.2, 0.25) is 0 Å². The van der Waals surface area contributed by atoms with Crippen LogP contribution in [0.2, 0.25) is 0 Å². The minimum absolute atomic E-state index is 0.338. The maximum atomic E-state index is 9.35. The lowest BCUT2D eigenvalue weighted by Crippen LogP contribution is -2.47. The molecule has 0 radical (unpaired) electrons. The lowest BCUT2D eigenvalue weighted by Gasteiger charge is -2.42. The number of aliphatic hydroxyl groups is 1. The molecule has 0 aliphatic heterocycles. The summed E-state index contributed by atoms with van der Waals surface area (Å²) >= 11 is 0.